The smallest absolute Gasteiger partial charge is 0.224 e. The van der Waals surface area contributed by atoms with Crippen molar-refractivity contribution in [3.63, 3.8) is 0 Å². The average Bonchev–Trinajstić information content (AvgIpc) is 2.80. The van der Waals surface area contributed by atoms with Gasteiger partial charge in [-0.25, -0.2) is 19.9 Å². The Bertz CT molecular complexity index is 676. The molecule has 3 heterocycles. The Labute approximate surface area is 149 Å². The highest BCUT2D eigenvalue weighted by atomic mass is 16.5. The summed E-state index contributed by atoms with van der Waals surface area (Å²) in [6, 6.07) is 2.06. The van der Waals surface area contributed by atoms with Crippen LogP contribution in [0.1, 0.15) is 17.0 Å². The molecule has 2 aromatic rings. The van der Waals surface area contributed by atoms with Crippen LogP contribution in [-0.2, 0) is 17.7 Å². The number of aryl methyl sites for hydroxylation is 1. The van der Waals surface area contributed by atoms with Gasteiger partial charge in [0.25, 0.3) is 0 Å². The van der Waals surface area contributed by atoms with Gasteiger partial charge in [0.15, 0.2) is 0 Å². The fourth-order valence-electron chi connectivity index (χ4n) is 3.06. The first-order valence-corrected chi connectivity index (χ1v) is 8.66. The Hall–Kier alpha value is -2.12. The van der Waals surface area contributed by atoms with Crippen LogP contribution in [0.25, 0.3) is 0 Å². The molecule has 1 aliphatic heterocycles. The summed E-state index contributed by atoms with van der Waals surface area (Å²) < 4.78 is 5.81. The normalized spacial score (nSPS) is 18.8. The van der Waals surface area contributed by atoms with Gasteiger partial charge in [0.2, 0.25) is 5.95 Å². The van der Waals surface area contributed by atoms with Crippen molar-refractivity contribution in [2.45, 2.75) is 19.9 Å². The molecule has 0 amide bonds. The number of hydrogen-bond donors (Lipinski definition) is 0. The van der Waals surface area contributed by atoms with E-state index in [-0.39, 0.29) is 0 Å². The van der Waals surface area contributed by atoms with Crippen LogP contribution in [0.2, 0.25) is 0 Å². The first kappa shape index (κ1) is 17.7. The van der Waals surface area contributed by atoms with Crippen LogP contribution in [0.15, 0.2) is 24.8 Å². The summed E-state index contributed by atoms with van der Waals surface area (Å²) in [5.41, 5.74) is 3.22. The van der Waals surface area contributed by atoms with E-state index >= 15 is 0 Å². The largest absolute Gasteiger partial charge is 0.380 e. The number of hydrogen-bond acceptors (Lipinski definition) is 7. The van der Waals surface area contributed by atoms with Gasteiger partial charge < -0.3 is 9.64 Å². The van der Waals surface area contributed by atoms with Crippen LogP contribution >= 0.6 is 0 Å². The fourth-order valence-corrected chi connectivity index (χ4v) is 3.06. The van der Waals surface area contributed by atoms with Gasteiger partial charge in [-0.2, -0.15) is 0 Å². The Kier molecular flexibility index (Phi) is 5.88. The van der Waals surface area contributed by atoms with E-state index in [1.54, 1.807) is 6.33 Å². The van der Waals surface area contributed by atoms with Crippen molar-refractivity contribution in [3.05, 3.63) is 41.7 Å². The van der Waals surface area contributed by atoms with Gasteiger partial charge in [-0.05, 0) is 19.4 Å². The highest BCUT2D eigenvalue weighted by molar-refractivity contribution is 5.26. The highest BCUT2D eigenvalue weighted by Crippen LogP contribution is 2.15. The van der Waals surface area contributed by atoms with Gasteiger partial charge in [0.05, 0.1) is 13.2 Å². The van der Waals surface area contributed by atoms with E-state index in [9.17, 15) is 0 Å². The number of anilines is 1. The second-order valence-electron chi connectivity index (χ2n) is 6.82. The summed E-state index contributed by atoms with van der Waals surface area (Å²) in [5.74, 6) is 1.17. The van der Waals surface area contributed by atoms with Crippen LogP contribution < -0.4 is 4.90 Å². The van der Waals surface area contributed by atoms with Crippen molar-refractivity contribution in [3.8, 4) is 0 Å². The van der Waals surface area contributed by atoms with Crippen molar-refractivity contribution in [1.82, 2.24) is 24.8 Å². The van der Waals surface area contributed by atoms with E-state index in [1.807, 2.05) is 38.3 Å². The van der Waals surface area contributed by atoms with Crippen LogP contribution in [-0.4, -0.2) is 65.2 Å². The summed E-state index contributed by atoms with van der Waals surface area (Å²) in [6.07, 6.45) is 6.38. The SMILES string of the molecule is Cc1cc(C[C@@H]2COCCN(Cc3cnc(N(C)C)nc3)C2)ncn1. The molecule has 0 bridgehead atoms. The lowest BCUT2D eigenvalue weighted by Crippen LogP contribution is -2.30. The molecule has 7 nitrogen and oxygen atoms in total. The zero-order valence-electron chi connectivity index (χ0n) is 15.2. The molecule has 25 heavy (non-hydrogen) atoms. The van der Waals surface area contributed by atoms with Gasteiger partial charge in [-0.1, -0.05) is 0 Å². The minimum atomic E-state index is 0.429. The van der Waals surface area contributed by atoms with E-state index in [0.717, 1.165) is 62.2 Å². The molecule has 0 aromatic carbocycles. The molecule has 1 aliphatic rings. The molecule has 7 heteroatoms. The Morgan fingerprint density at radius 3 is 2.72 bits per heavy atom. The zero-order valence-corrected chi connectivity index (χ0v) is 15.2. The second-order valence-corrected chi connectivity index (χ2v) is 6.82. The molecule has 0 saturated carbocycles. The van der Waals surface area contributed by atoms with Crippen molar-refractivity contribution in [2.75, 3.05) is 45.3 Å². The highest BCUT2D eigenvalue weighted by Gasteiger charge is 2.20. The molecule has 134 valence electrons. The van der Waals surface area contributed by atoms with E-state index < -0.39 is 0 Å². The fraction of sp³-hybridized carbons (Fsp3) is 0.556. The molecule has 1 atom stereocenters. The number of rotatable bonds is 5. The first-order chi connectivity index (χ1) is 12.1. The minimum Gasteiger partial charge on any atom is -0.380 e. The first-order valence-electron chi connectivity index (χ1n) is 8.66. The summed E-state index contributed by atoms with van der Waals surface area (Å²) in [4.78, 5) is 21.7. The van der Waals surface area contributed by atoms with Crippen molar-refractivity contribution in [2.24, 2.45) is 5.92 Å². The third-order valence-corrected chi connectivity index (χ3v) is 4.28. The van der Waals surface area contributed by atoms with E-state index in [0.29, 0.717) is 5.92 Å². The predicted molar refractivity (Wildman–Crippen MR) is 96.4 cm³/mol. The Morgan fingerprint density at radius 1 is 1.20 bits per heavy atom. The second kappa shape index (κ2) is 8.31. The minimum absolute atomic E-state index is 0.429. The molecule has 3 rings (SSSR count). The molecule has 1 saturated heterocycles. The molecular weight excluding hydrogens is 316 g/mol. The van der Waals surface area contributed by atoms with Crippen molar-refractivity contribution in [1.29, 1.82) is 0 Å². The number of aromatic nitrogens is 4. The maximum Gasteiger partial charge on any atom is 0.224 e. The van der Waals surface area contributed by atoms with E-state index in [1.165, 1.54) is 0 Å². The zero-order chi connectivity index (χ0) is 17.6. The molecule has 0 radical (unpaired) electrons. The van der Waals surface area contributed by atoms with Gasteiger partial charge in [-0.3, -0.25) is 4.90 Å². The third kappa shape index (κ3) is 5.17. The molecule has 0 spiro atoms. The summed E-state index contributed by atoms with van der Waals surface area (Å²) in [6.45, 7) is 6.29. The quantitative estimate of drug-likeness (QED) is 0.812. The van der Waals surface area contributed by atoms with Gasteiger partial charge in [0, 0.05) is 69.0 Å². The van der Waals surface area contributed by atoms with Crippen molar-refractivity contribution >= 4 is 5.95 Å². The van der Waals surface area contributed by atoms with E-state index in [2.05, 4.69) is 30.9 Å². The monoisotopic (exact) mass is 342 g/mol. The third-order valence-electron chi connectivity index (χ3n) is 4.28. The van der Waals surface area contributed by atoms with Crippen LogP contribution in [0, 0.1) is 12.8 Å². The predicted octanol–water partition coefficient (Wildman–Crippen LogP) is 1.33. The lowest BCUT2D eigenvalue weighted by atomic mass is 10.0. The average molecular weight is 342 g/mol. The maximum atomic E-state index is 5.81. The topological polar surface area (TPSA) is 67.3 Å². The van der Waals surface area contributed by atoms with Gasteiger partial charge >= 0.3 is 0 Å². The van der Waals surface area contributed by atoms with Gasteiger partial charge in [0.1, 0.15) is 6.33 Å². The molecule has 0 aliphatic carbocycles. The molecular formula is C18H26N6O. The molecule has 2 aromatic heterocycles. The molecule has 0 N–H and O–H groups in total. The lowest BCUT2D eigenvalue weighted by Gasteiger charge is -2.23. The lowest BCUT2D eigenvalue weighted by molar-refractivity contribution is 0.121. The summed E-state index contributed by atoms with van der Waals surface area (Å²) in [5, 5.41) is 0. The Morgan fingerprint density at radius 2 is 2.00 bits per heavy atom. The molecule has 1 fully saturated rings. The van der Waals surface area contributed by atoms with Crippen LogP contribution in [0.4, 0.5) is 5.95 Å². The number of ether oxygens (including phenoxy) is 1. The summed E-state index contributed by atoms with van der Waals surface area (Å²) in [7, 11) is 3.89. The van der Waals surface area contributed by atoms with Crippen molar-refractivity contribution < 1.29 is 4.74 Å². The maximum absolute atomic E-state index is 5.81. The van der Waals surface area contributed by atoms with Crippen LogP contribution in [0.3, 0.4) is 0 Å². The Balaban J connectivity index is 1.61. The standard InChI is InChI=1S/C18H26N6O/c1-14-6-17(22-13-21-14)7-15-10-24(4-5-25-12-15)11-16-8-19-18(20-9-16)23(2)3/h6,8-9,13,15H,4-5,7,10-12H2,1-3H3/t15-/m0/s1. The van der Waals surface area contributed by atoms with E-state index in [4.69, 9.17) is 4.74 Å². The number of nitrogens with zero attached hydrogens (tertiary/aromatic N) is 6. The van der Waals surface area contributed by atoms with Gasteiger partial charge in [-0.15, -0.1) is 0 Å². The van der Waals surface area contributed by atoms with Crippen LogP contribution in [0.5, 0.6) is 0 Å². The molecule has 0 unspecified atom stereocenters. The summed E-state index contributed by atoms with van der Waals surface area (Å²) >= 11 is 0.